The second kappa shape index (κ2) is 4.29. The van der Waals surface area contributed by atoms with Crippen LogP contribution in [0, 0.1) is 17.8 Å². The molecule has 0 aromatic rings. The van der Waals surface area contributed by atoms with E-state index in [0.29, 0.717) is 32.1 Å². The van der Waals surface area contributed by atoms with E-state index in [0.717, 1.165) is 19.5 Å². The monoisotopic (exact) mass is 263 g/mol. The van der Waals surface area contributed by atoms with Crippen molar-refractivity contribution >= 4 is 5.91 Å². The fourth-order valence-electron chi connectivity index (χ4n) is 3.21. The SMILES string of the molecule is C#CCCC1(CCC(=O)N2CC3(CC(F)C3)C2)N=N1. The Balaban J connectivity index is 1.38. The van der Waals surface area contributed by atoms with E-state index in [4.69, 9.17) is 6.42 Å². The van der Waals surface area contributed by atoms with Crippen molar-refractivity contribution < 1.29 is 9.18 Å². The quantitative estimate of drug-likeness (QED) is 0.702. The Morgan fingerprint density at radius 2 is 2.05 bits per heavy atom. The van der Waals surface area contributed by atoms with Crippen LogP contribution in [0.15, 0.2) is 10.2 Å². The van der Waals surface area contributed by atoms with Gasteiger partial charge in [-0.15, -0.1) is 12.3 Å². The molecule has 0 aromatic carbocycles. The van der Waals surface area contributed by atoms with Gasteiger partial charge in [-0.05, 0) is 12.8 Å². The number of hydrogen-bond acceptors (Lipinski definition) is 3. The molecule has 0 radical (unpaired) electrons. The first-order valence-electron chi connectivity index (χ1n) is 6.86. The Hall–Kier alpha value is -1.44. The minimum atomic E-state index is -0.645. The molecule has 4 nitrogen and oxygen atoms in total. The molecule has 1 saturated heterocycles. The van der Waals surface area contributed by atoms with Gasteiger partial charge in [0.2, 0.25) is 5.91 Å². The summed E-state index contributed by atoms with van der Waals surface area (Å²) < 4.78 is 12.8. The van der Waals surface area contributed by atoms with E-state index in [1.807, 2.05) is 4.90 Å². The second-order valence-electron chi connectivity index (χ2n) is 6.14. The molecule has 0 aromatic heterocycles. The van der Waals surface area contributed by atoms with Crippen molar-refractivity contribution in [3.8, 4) is 12.3 Å². The van der Waals surface area contributed by atoms with Crippen LogP contribution in [0.3, 0.4) is 0 Å². The van der Waals surface area contributed by atoms with Gasteiger partial charge in [-0.25, -0.2) is 4.39 Å². The van der Waals surface area contributed by atoms with Gasteiger partial charge in [0.1, 0.15) is 6.17 Å². The zero-order valence-electron chi connectivity index (χ0n) is 10.9. The fourth-order valence-corrected chi connectivity index (χ4v) is 3.21. The molecule has 0 unspecified atom stereocenters. The summed E-state index contributed by atoms with van der Waals surface area (Å²) >= 11 is 0. The largest absolute Gasteiger partial charge is 0.341 e. The number of amides is 1. The Bertz CT molecular complexity index is 448. The minimum absolute atomic E-state index is 0.116. The summed E-state index contributed by atoms with van der Waals surface area (Å²) in [6.45, 7) is 1.47. The summed E-state index contributed by atoms with van der Waals surface area (Å²) in [6, 6.07) is 0. The van der Waals surface area contributed by atoms with Gasteiger partial charge in [0, 0.05) is 44.2 Å². The van der Waals surface area contributed by atoms with Gasteiger partial charge in [-0.1, -0.05) is 0 Å². The van der Waals surface area contributed by atoms with Crippen LogP contribution in [-0.4, -0.2) is 35.7 Å². The van der Waals surface area contributed by atoms with Gasteiger partial charge in [0.05, 0.1) is 0 Å². The van der Waals surface area contributed by atoms with E-state index in [1.54, 1.807) is 0 Å². The predicted octanol–water partition coefficient (Wildman–Crippen LogP) is 2.30. The highest BCUT2D eigenvalue weighted by atomic mass is 19.1. The molecule has 19 heavy (non-hydrogen) atoms. The van der Waals surface area contributed by atoms with Crippen molar-refractivity contribution in [3.05, 3.63) is 0 Å². The van der Waals surface area contributed by atoms with E-state index in [9.17, 15) is 9.18 Å². The van der Waals surface area contributed by atoms with Crippen molar-refractivity contribution in [3.63, 3.8) is 0 Å². The van der Waals surface area contributed by atoms with Crippen molar-refractivity contribution in [2.45, 2.75) is 50.4 Å². The summed E-state index contributed by atoms with van der Waals surface area (Å²) in [4.78, 5) is 13.8. The van der Waals surface area contributed by atoms with Crippen LogP contribution < -0.4 is 0 Å². The molecule has 1 spiro atoms. The van der Waals surface area contributed by atoms with Gasteiger partial charge in [-0.3, -0.25) is 4.79 Å². The number of halogens is 1. The lowest BCUT2D eigenvalue weighted by Gasteiger charge is -2.57. The van der Waals surface area contributed by atoms with Crippen LogP contribution in [-0.2, 0) is 4.79 Å². The Kier molecular flexibility index (Phi) is 2.84. The molecule has 2 aliphatic heterocycles. The third-order valence-corrected chi connectivity index (χ3v) is 4.51. The molecule has 0 bridgehead atoms. The van der Waals surface area contributed by atoms with E-state index < -0.39 is 6.17 Å². The molecule has 1 aliphatic carbocycles. The normalized spacial score (nSPS) is 25.6. The highest BCUT2D eigenvalue weighted by Crippen LogP contribution is 2.50. The highest BCUT2D eigenvalue weighted by molar-refractivity contribution is 5.77. The Labute approximate surface area is 112 Å². The molecule has 2 heterocycles. The molecule has 3 rings (SSSR count). The minimum Gasteiger partial charge on any atom is -0.341 e. The van der Waals surface area contributed by atoms with Gasteiger partial charge in [-0.2, -0.15) is 10.2 Å². The van der Waals surface area contributed by atoms with Crippen molar-refractivity contribution in [2.75, 3.05) is 13.1 Å². The average Bonchev–Trinajstić information content (AvgIpc) is 3.07. The van der Waals surface area contributed by atoms with Gasteiger partial charge in [0.25, 0.3) is 0 Å². The summed E-state index contributed by atoms with van der Waals surface area (Å²) in [5, 5.41) is 8.04. The Morgan fingerprint density at radius 1 is 1.37 bits per heavy atom. The lowest BCUT2D eigenvalue weighted by Crippen LogP contribution is -2.64. The third-order valence-electron chi connectivity index (χ3n) is 4.51. The summed E-state index contributed by atoms with van der Waals surface area (Å²) in [7, 11) is 0. The van der Waals surface area contributed by atoms with Gasteiger partial charge < -0.3 is 4.90 Å². The molecule has 5 heteroatoms. The lowest BCUT2D eigenvalue weighted by atomic mass is 9.62. The Morgan fingerprint density at radius 3 is 2.58 bits per heavy atom. The number of nitrogens with zero attached hydrogens (tertiary/aromatic N) is 3. The second-order valence-corrected chi connectivity index (χ2v) is 6.14. The molecule has 1 amide bonds. The van der Waals surface area contributed by atoms with E-state index in [-0.39, 0.29) is 17.0 Å². The van der Waals surface area contributed by atoms with Gasteiger partial charge >= 0.3 is 0 Å². The standard InChI is InChI=1S/C14H18FN3O/c1-2-3-5-14(16-17-14)6-4-12(19)18-9-13(10-18)7-11(15)8-13/h1,11H,3-10H2. The maximum atomic E-state index is 12.8. The number of rotatable bonds is 5. The summed E-state index contributed by atoms with van der Waals surface area (Å²) in [6.07, 6.45) is 8.35. The number of alkyl halides is 1. The predicted molar refractivity (Wildman–Crippen MR) is 68.0 cm³/mol. The molecule has 102 valence electrons. The summed E-state index contributed by atoms with van der Waals surface area (Å²) in [5.41, 5.74) is -0.254. The van der Waals surface area contributed by atoms with E-state index in [1.165, 1.54) is 0 Å². The fraction of sp³-hybridized carbons (Fsp3) is 0.786. The number of hydrogen-bond donors (Lipinski definition) is 0. The molecule has 3 aliphatic rings. The molecule has 1 saturated carbocycles. The zero-order valence-corrected chi connectivity index (χ0v) is 10.9. The maximum absolute atomic E-state index is 12.8. The number of terminal acetylenes is 1. The zero-order chi connectivity index (χ0) is 13.5. The molecule has 0 atom stereocenters. The van der Waals surface area contributed by atoms with Crippen LogP contribution >= 0.6 is 0 Å². The molecule has 2 fully saturated rings. The first-order valence-corrected chi connectivity index (χ1v) is 6.86. The first kappa shape index (κ1) is 12.6. The van der Waals surface area contributed by atoms with Crippen LogP contribution in [0.1, 0.15) is 38.5 Å². The van der Waals surface area contributed by atoms with Crippen molar-refractivity contribution in [2.24, 2.45) is 15.6 Å². The molecular formula is C14H18FN3O. The number of carbonyl (C=O) groups excluding carboxylic acids is 1. The number of likely N-dealkylation sites (tertiary alicyclic amines) is 1. The van der Waals surface area contributed by atoms with Crippen molar-refractivity contribution in [1.82, 2.24) is 4.90 Å². The smallest absolute Gasteiger partial charge is 0.222 e. The summed E-state index contributed by atoms with van der Waals surface area (Å²) in [5.74, 6) is 2.72. The lowest BCUT2D eigenvalue weighted by molar-refractivity contribution is -0.156. The molecule has 0 N–H and O–H groups in total. The molecular weight excluding hydrogens is 245 g/mol. The average molecular weight is 263 g/mol. The van der Waals surface area contributed by atoms with Crippen LogP contribution in [0.2, 0.25) is 0 Å². The first-order chi connectivity index (χ1) is 9.06. The topological polar surface area (TPSA) is 45.0 Å². The van der Waals surface area contributed by atoms with Crippen molar-refractivity contribution in [1.29, 1.82) is 0 Å². The highest BCUT2D eigenvalue weighted by Gasteiger charge is 2.54. The van der Waals surface area contributed by atoms with Crippen LogP contribution in [0.25, 0.3) is 0 Å². The maximum Gasteiger partial charge on any atom is 0.222 e. The van der Waals surface area contributed by atoms with E-state index in [2.05, 4.69) is 16.1 Å². The van der Waals surface area contributed by atoms with E-state index >= 15 is 0 Å². The number of carbonyl (C=O) groups is 1. The third kappa shape index (κ3) is 2.36. The van der Waals surface area contributed by atoms with Crippen LogP contribution in [0.5, 0.6) is 0 Å². The van der Waals surface area contributed by atoms with Crippen LogP contribution in [0.4, 0.5) is 4.39 Å². The van der Waals surface area contributed by atoms with Gasteiger partial charge in [0.15, 0.2) is 5.66 Å².